The molecule has 0 radical (unpaired) electrons. The van der Waals surface area contributed by atoms with Gasteiger partial charge in [0.15, 0.2) is 17.3 Å². The predicted molar refractivity (Wildman–Crippen MR) is 106 cm³/mol. The van der Waals surface area contributed by atoms with Crippen LogP contribution in [0.1, 0.15) is 4.88 Å². The maximum absolute atomic E-state index is 12.2. The molecule has 28 heavy (non-hydrogen) atoms. The molecule has 0 amide bonds. The van der Waals surface area contributed by atoms with E-state index in [1.165, 1.54) is 34.5 Å². The highest BCUT2D eigenvalue weighted by atomic mass is 32.1. The molecule has 0 spiro atoms. The fourth-order valence-corrected chi connectivity index (χ4v) is 3.49. The summed E-state index contributed by atoms with van der Waals surface area (Å²) in [4.78, 5) is 24.8. The van der Waals surface area contributed by atoms with Crippen LogP contribution in [0.3, 0.4) is 0 Å². The van der Waals surface area contributed by atoms with Gasteiger partial charge in [-0.2, -0.15) is 5.10 Å². The molecule has 0 atom stereocenters. The Balaban J connectivity index is 1.62. The average molecular weight is 387 g/mol. The third-order valence-electron chi connectivity index (χ3n) is 3.99. The van der Waals surface area contributed by atoms with Crippen molar-refractivity contribution in [3.63, 3.8) is 0 Å². The van der Waals surface area contributed by atoms with Gasteiger partial charge >= 0.3 is 0 Å². The molecule has 4 rings (SSSR count). The first-order valence-electron chi connectivity index (χ1n) is 8.27. The Labute approximate surface area is 164 Å². The zero-order chi connectivity index (χ0) is 19.5. The zero-order valence-electron chi connectivity index (χ0n) is 14.5. The normalized spacial score (nSPS) is 10.5. The van der Waals surface area contributed by atoms with Crippen molar-refractivity contribution in [3.05, 3.63) is 86.9 Å². The van der Waals surface area contributed by atoms with E-state index in [2.05, 4.69) is 19.9 Å². The summed E-state index contributed by atoms with van der Waals surface area (Å²) in [5.74, 6) is 0.513. The van der Waals surface area contributed by atoms with Crippen LogP contribution >= 0.6 is 11.3 Å². The van der Waals surface area contributed by atoms with Gasteiger partial charge in [0.05, 0.1) is 31.2 Å². The van der Waals surface area contributed by atoms with E-state index < -0.39 is 0 Å². The molecule has 7 nitrogen and oxygen atoms in total. The lowest BCUT2D eigenvalue weighted by molar-refractivity contribution is 0.470. The van der Waals surface area contributed by atoms with Gasteiger partial charge in [-0.1, -0.05) is 18.2 Å². The summed E-state index contributed by atoms with van der Waals surface area (Å²) in [7, 11) is 0. The first kappa shape index (κ1) is 17.6. The van der Waals surface area contributed by atoms with Gasteiger partial charge < -0.3 is 5.11 Å². The first-order chi connectivity index (χ1) is 13.6. The van der Waals surface area contributed by atoms with Crippen LogP contribution in [0.4, 0.5) is 5.69 Å². The third-order valence-corrected chi connectivity index (χ3v) is 4.91. The van der Waals surface area contributed by atoms with E-state index in [0.717, 1.165) is 16.0 Å². The van der Waals surface area contributed by atoms with Crippen LogP contribution in [0.25, 0.3) is 27.5 Å². The summed E-state index contributed by atoms with van der Waals surface area (Å²) in [5.41, 5.74) is 2.54. The second kappa shape index (κ2) is 7.42. The number of nitrogens with zero attached hydrogens (tertiary/aromatic N) is 5. The van der Waals surface area contributed by atoms with Gasteiger partial charge in [0.1, 0.15) is 0 Å². The molecular weight excluding hydrogens is 374 g/mol. The molecule has 0 aliphatic heterocycles. The molecule has 0 bridgehead atoms. The third kappa shape index (κ3) is 3.65. The SMILES string of the molecule is [C-]#[N+]c1cccc(-c2ccc(=O)n(Cc3cc(-c4ncc(O)cn4)cs3)n2)c1. The van der Waals surface area contributed by atoms with Crippen LogP contribution in [-0.4, -0.2) is 24.9 Å². The van der Waals surface area contributed by atoms with Gasteiger partial charge in [-0.3, -0.25) is 4.79 Å². The van der Waals surface area contributed by atoms with E-state index in [4.69, 9.17) is 6.57 Å². The smallest absolute Gasteiger partial charge is 0.267 e. The van der Waals surface area contributed by atoms with Crippen molar-refractivity contribution in [2.24, 2.45) is 0 Å². The van der Waals surface area contributed by atoms with Crippen molar-refractivity contribution in [3.8, 4) is 28.4 Å². The predicted octanol–water partition coefficient (Wildman–Crippen LogP) is 3.73. The number of hydrogen-bond acceptors (Lipinski definition) is 6. The van der Waals surface area contributed by atoms with Gasteiger partial charge in [0.2, 0.25) is 0 Å². The van der Waals surface area contributed by atoms with Crippen molar-refractivity contribution in [1.29, 1.82) is 0 Å². The lowest BCUT2D eigenvalue weighted by Gasteiger charge is -2.06. The Kier molecular flexibility index (Phi) is 4.66. The fraction of sp³-hybridized carbons (Fsp3) is 0.0500. The van der Waals surface area contributed by atoms with Crippen molar-refractivity contribution in [1.82, 2.24) is 19.7 Å². The summed E-state index contributed by atoms with van der Waals surface area (Å²) in [6.45, 7) is 7.46. The molecule has 3 heterocycles. The largest absolute Gasteiger partial charge is 0.505 e. The number of aromatic nitrogens is 4. The molecular formula is C20H13N5O2S. The maximum atomic E-state index is 12.2. The minimum Gasteiger partial charge on any atom is -0.505 e. The molecule has 0 saturated carbocycles. The molecule has 3 aromatic heterocycles. The van der Waals surface area contributed by atoms with Gasteiger partial charge in [0.25, 0.3) is 5.56 Å². The van der Waals surface area contributed by atoms with E-state index >= 15 is 0 Å². The molecule has 8 heteroatoms. The van der Waals surface area contributed by atoms with Crippen molar-refractivity contribution in [2.75, 3.05) is 0 Å². The maximum Gasteiger partial charge on any atom is 0.267 e. The number of rotatable bonds is 4. The lowest BCUT2D eigenvalue weighted by Crippen LogP contribution is -2.22. The van der Waals surface area contributed by atoms with Gasteiger partial charge in [0, 0.05) is 21.9 Å². The van der Waals surface area contributed by atoms with Crippen LogP contribution in [0.15, 0.2) is 65.0 Å². The minimum atomic E-state index is -0.207. The van der Waals surface area contributed by atoms with Gasteiger partial charge in [-0.25, -0.2) is 19.5 Å². The van der Waals surface area contributed by atoms with E-state index in [1.54, 1.807) is 24.3 Å². The first-order valence-corrected chi connectivity index (χ1v) is 9.15. The summed E-state index contributed by atoms with van der Waals surface area (Å²) in [5, 5.41) is 15.7. The molecule has 0 aliphatic rings. The summed E-state index contributed by atoms with van der Waals surface area (Å²) in [6.07, 6.45) is 2.68. The number of benzene rings is 1. The Morgan fingerprint density at radius 2 is 1.93 bits per heavy atom. The van der Waals surface area contributed by atoms with Crippen molar-refractivity contribution in [2.45, 2.75) is 6.54 Å². The van der Waals surface area contributed by atoms with E-state index in [1.807, 2.05) is 17.5 Å². The minimum absolute atomic E-state index is 0.00839. The highest BCUT2D eigenvalue weighted by Gasteiger charge is 2.09. The summed E-state index contributed by atoms with van der Waals surface area (Å²) >= 11 is 1.48. The van der Waals surface area contributed by atoms with E-state index in [9.17, 15) is 9.90 Å². The average Bonchev–Trinajstić information content (AvgIpc) is 3.19. The van der Waals surface area contributed by atoms with Crippen LogP contribution in [0.2, 0.25) is 0 Å². The van der Waals surface area contributed by atoms with Crippen molar-refractivity contribution < 1.29 is 5.11 Å². The zero-order valence-corrected chi connectivity index (χ0v) is 15.3. The number of hydrogen-bond donors (Lipinski definition) is 1. The van der Waals surface area contributed by atoms with Gasteiger partial charge in [-0.05, 0) is 23.8 Å². The van der Waals surface area contributed by atoms with E-state index in [-0.39, 0.29) is 11.3 Å². The number of aromatic hydroxyl groups is 1. The molecule has 1 aromatic carbocycles. The van der Waals surface area contributed by atoms with Crippen LogP contribution in [0, 0.1) is 6.57 Å². The van der Waals surface area contributed by atoms with E-state index in [0.29, 0.717) is 23.8 Å². The van der Waals surface area contributed by atoms with Crippen LogP contribution < -0.4 is 5.56 Å². The second-order valence-corrected chi connectivity index (χ2v) is 6.94. The Hall–Kier alpha value is -3.83. The quantitative estimate of drug-likeness (QED) is 0.539. The van der Waals surface area contributed by atoms with Crippen LogP contribution in [0.5, 0.6) is 5.75 Å². The Morgan fingerprint density at radius 1 is 1.11 bits per heavy atom. The summed E-state index contributed by atoms with van der Waals surface area (Å²) in [6, 6.07) is 12.2. The highest BCUT2D eigenvalue weighted by molar-refractivity contribution is 7.10. The standard InChI is InChI=1S/C20H13N5O2S/c1-21-15-4-2-3-13(7-15)18-5-6-19(27)25(24-18)11-17-8-14(12-28-17)20-22-9-16(26)10-23-20/h2-10,12,26H,11H2. The number of thiophene rings is 1. The van der Waals surface area contributed by atoms with Gasteiger partial charge in [-0.15, -0.1) is 11.3 Å². The molecule has 4 aromatic rings. The molecule has 0 aliphatic carbocycles. The lowest BCUT2D eigenvalue weighted by atomic mass is 10.1. The molecule has 0 fully saturated rings. The Morgan fingerprint density at radius 3 is 2.71 bits per heavy atom. The fourth-order valence-electron chi connectivity index (χ4n) is 2.65. The Bertz CT molecular complexity index is 1240. The molecule has 1 N–H and O–H groups in total. The highest BCUT2D eigenvalue weighted by Crippen LogP contribution is 2.25. The topological polar surface area (TPSA) is 85.3 Å². The van der Waals surface area contributed by atoms with Crippen LogP contribution in [-0.2, 0) is 6.54 Å². The summed E-state index contributed by atoms with van der Waals surface area (Å²) < 4.78 is 1.40. The second-order valence-electron chi connectivity index (χ2n) is 5.94. The molecule has 0 saturated heterocycles. The monoisotopic (exact) mass is 387 g/mol. The molecule has 136 valence electrons. The van der Waals surface area contributed by atoms with Crippen molar-refractivity contribution >= 4 is 17.0 Å². The molecule has 0 unspecified atom stereocenters.